The normalized spacial score (nSPS) is 19.1. The molecule has 5 rings (SSSR count). The summed E-state index contributed by atoms with van der Waals surface area (Å²) in [6, 6.07) is 22.5. The summed E-state index contributed by atoms with van der Waals surface area (Å²) in [5.74, 6) is 0.0951. The Morgan fingerprint density at radius 3 is 2.22 bits per heavy atom. The SMILES string of the molecule is CCCCCC(=O)N1c2ccccc2NC2=C(C(=O)C[C@H](c3ccc(Cl)cc3)C2)[C@@H]1c1ccc(Cl)cc1. The first-order chi connectivity index (χ1) is 18.0. The average molecular weight is 533 g/mol. The predicted octanol–water partition coefficient (Wildman–Crippen LogP) is 8.47. The van der Waals surface area contributed by atoms with Crippen LogP contribution in [-0.4, -0.2) is 11.7 Å². The molecule has 2 aliphatic rings. The van der Waals surface area contributed by atoms with Gasteiger partial charge in [0.15, 0.2) is 5.78 Å². The molecule has 1 amide bonds. The molecule has 1 N–H and O–H groups in total. The van der Waals surface area contributed by atoms with Gasteiger partial charge < -0.3 is 5.32 Å². The zero-order valence-corrected chi connectivity index (χ0v) is 22.4. The van der Waals surface area contributed by atoms with E-state index in [1.807, 2.05) is 77.7 Å². The highest BCUT2D eigenvalue weighted by Gasteiger charge is 2.41. The minimum atomic E-state index is -0.531. The number of carbonyl (C=O) groups is 2. The lowest BCUT2D eigenvalue weighted by Gasteiger charge is -2.35. The van der Waals surface area contributed by atoms with Crippen LogP contribution >= 0.6 is 23.2 Å². The minimum absolute atomic E-state index is 0.0176. The summed E-state index contributed by atoms with van der Waals surface area (Å²) in [5.41, 5.74) is 5.10. The fraction of sp³-hybridized carbons (Fsp3) is 0.290. The summed E-state index contributed by atoms with van der Waals surface area (Å²) >= 11 is 12.4. The van der Waals surface area contributed by atoms with E-state index < -0.39 is 6.04 Å². The second-order valence-corrected chi connectivity index (χ2v) is 10.7. The average Bonchev–Trinajstić information content (AvgIpc) is 3.04. The van der Waals surface area contributed by atoms with Crippen molar-refractivity contribution in [2.45, 2.75) is 57.4 Å². The number of hydrogen-bond donors (Lipinski definition) is 1. The third kappa shape index (κ3) is 5.32. The Hall–Kier alpha value is -3.08. The molecule has 2 atom stereocenters. The fourth-order valence-electron chi connectivity index (χ4n) is 5.44. The number of unbranched alkanes of at least 4 members (excludes halogenated alkanes) is 2. The summed E-state index contributed by atoms with van der Waals surface area (Å²) in [5, 5.41) is 4.87. The van der Waals surface area contributed by atoms with Crippen molar-refractivity contribution in [1.82, 2.24) is 0 Å². The number of Topliss-reactive ketones (excluding diaryl/α,β-unsaturated/α-hetero) is 1. The molecule has 6 heteroatoms. The third-order valence-electron chi connectivity index (χ3n) is 7.28. The number of ketones is 1. The summed E-state index contributed by atoms with van der Waals surface area (Å²) in [6.07, 6.45) is 4.30. The number of nitrogens with zero attached hydrogens (tertiary/aromatic N) is 1. The van der Waals surface area contributed by atoms with Gasteiger partial charge in [-0.25, -0.2) is 0 Å². The first kappa shape index (κ1) is 25.6. The van der Waals surface area contributed by atoms with Crippen molar-refractivity contribution >= 4 is 46.3 Å². The van der Waals surface area contributed by atoms with Crippen LogP contribution < -0.4 is 10.2 Å². The van der Waals surface area contributed by atoms with Gasteiger partial charge in [0.2, 0.25) is 5.91 Å². The Bertz CT molecular complexity index is 1330. The Kier molecular flexibility index (Phi) is 7.68. The molecule has 0 spiro atoms. The van der Waals surface area contributed by atoms with E-state index in [0.29, 0.717) is 34.9 Å². The van der Waals surface area contributed by atoms with Crippen LogP contribution in [0.5, 0.6) is 0 Å². The Labute approximate surface area is 228 Å². The van der Waals surface area contributed by atoms with Crippen molar-refractivity contribution in [3.05, 3.63) is 105 Å². The van der Waals surface area contributed by atoms with Crippen molar-refractivity contribution in [2.75, 3.05) is 10.2 Å². The number of amides is 1. The first-order valence-corrected chi connectivity index (χ1v) is 13.7. The van der Waals surface area contributed by atoms with Crippen molar-refractivity contribution in [2.24, 2.45) is 0 Å². The van der Waals surface area contributed by atoms with Crippen LogP contribution in [0.4, 0.5) is 11.4 Å². The standard InChI is InChI=1S/C31H30Cl2N2O2/c1-2-3-4-9-29(37)35-27-8-6-5-7-25(27)34-26-18-22(20-10-14-23(32)15-11-20)19-28(36)30(26)31(35)21-12-16-24(33)17-13-21/h5-8,10-17,22,31,34H,2-4,9,18-19H2,1H3/t22-,31+/m1/s1. The van der Waals surface area contributed by atoms with Gasteiger partial charge in [0.05, 0.1) is 17.4 Å². The zero-order valence-electron chi connectivity index (χ0n) is 20.8. The summed E-state index contributed by atoms with van der Waals surface area (Å²) in [6.45, 7) is 2.13. The Morgan fingerprint density at radius 2 is 1.54 bits per heavy atom. The molecule has 0 saturated heterocycles. The maximum Gasteiger partial charge on any atom is 0.227 e. The number of nitrogens with one attached hydrogen (secondary N) is 1. The van der Waals surface area contributed by atoms with Crippen molar-refractivity contribution < 1.29 is 9.59 Å². The zero-order chi connectivity index (χ0) is 25.9. The van der Waals surface area contributed by atoms with E-state index in [0.717, 1.165) is 47.5 Å². The van der Waals surface area contributed by atoms with Crippen LogP contribution in [0.3, 0.4) is 0 Å². The number of anilines is 2. The number of rotatable bonds is 6. The quantitative estimate of drug-likeness (QED) is 0.323. The van der Waals surface area contributed by atoms with E-state index in [2.05, 4.69) is 12.2 Å². The highest BCUT2D eigenvalue weighted by molar-refractivity contribution is 6.30. The second kappa shape index (κ2) is 11.1. The molecule has 4 nitrogen and oxygen atoms in total. The molecule has 1 heterocycles. The lowest BCUT2D eigenvalue weighted by molar-refractivity contribution is -0.119. The Balaban J connectivity index is 1.65. The number of allylic oxidation sites excluding steroid dienone is 1. The number of fused-ring (bicyclic) bond motifs is 1. The summed E-state index contributed by atoms with van der Waals surface area (Å²) in [4.78, 5) is 29.7. The lowest BCUT2D eigenvalue weighted by atomic mass is 9.78. The van der Waals surface area contributed by atoms with Gasteiger partial charge in [-0.3, -0.25) is 14.5 Å². The molecule has 0 fully saturated rings. The van der Waals surface area contributed by atoms with Crippen LogP contribution in [0.2, 0.25) is 10.0 Å². The number of hydrogen-bond acceptors (Lipinski definition) is 3. The molecular formula is C31H30Cl2N2O2. The van der Waals surface area contributed by atoms with Crippen LogP contribution in [-0.2, 0) is 9.59 Å². The molecular weight excluding hydrogens is 503 g/mol. The van der Waals surface area contributed by atoms with Crippen molar-refractivity contribution in [3.8, 4) is 0 Å². The molecule has 190 valence electrons. The maximum atomic E-state index is 14.0. The molecule has 3 aromatic carbocycles. The molecule has 0 bridgehead atoms. The Morgan fingerprint density at radius 1 is 0.892 bits per heavy atom. The van der Waals surface area contributed by atoms with E-state index in [1.165, 1.54) is 0 Å². The molecule has 1 aliphatic heterocycles. The highest BCUT2D eigenvalue weighted by atomic mass is 35.5. The first-order valence-electron chi connectivity index (χ1n) is 12.9. The predicted molar refractivity (Wildman–Crippen MR) is 151 cm³/mol. The van der Waals surface area contributed by atoms with Gasteiger partial charge >= 0.3 is 0 Å². The van der Waals surface area contributed by atoms with E-state index >= 15 is 0 Å². The fourth-order valence-corrected chi connectivity index (χ4v) is 5.70. The van der Waals surface area contributed by atoms with E-state index in [-0.39, 0.29) is 17.6 Å². The molecule has 0 radical (unpaired) electrons. The van der Waals surface area contributed by atoms with Gasteiger partial charge in [-0.1, -0.05) is 79.4 Å². The maximum absolute atomic E-state index is 14.0. The lowest BCUT2D eigenvalue weighted by Crippen LogP contribution is -2.38. The van der Waals surface area contributed by atoms with Gasteiger partial charge in [-0.2, -0.15) is 0 Å². The highest BCUT2D eigenvalue weighted by Crippen LogP contribution is 2.47. The van der Waals surface area contributed by atoms with Crippen molar-refractivity contribution in [1.29, 1.82) is 0 Å². The van der Waals surface area contributed by atoms with E-state index in [4.69, 9.17) is 23.2 Å². The topological polar surface area (TPSA) is 49.4 Å². The molecule has 0 aromatic heterocycles. The van der Waals surface area contributed by atoms with Gasteiger partial charge in [-0.05, 0) is 66.3 Å². The minimum Gasteiger partial charge on any atom is -0.357 e. The number of carbonyl (C=O) groups excluding carboxylic acids is 2. The molecule has 3 aromatic rings. The van der Waals surface area contributed by atoms with Crippen LogP contribution in [0.1, 0.15) is 68.5 Å². The number of halogens is 2. The third-order valence-corrected chi connectivity index (χ3v) is 7.78. The van der Waals surface area contributed by atoms with Gasteiger partial charge in [0.25, 0.3) is 0 Å². The molecule has 0 unspecified atom stereocenters. The van der Waals surface area contributed by atoms with E-state index in [1.54, 1.807) is 0 Å². The van der Waals surface area contributed by atoms with Gasteiger partial charge in [0, 0.05) is 34.2 Å². The van der Waals surface area contributed by atoms with Gasteiger partial charge in [-0.15, -0.1) is 0 Å². The molecule has 37 heavy (non-hydrogen) atoms. The monoisotopic (exact) mass is 532 g/mol. The summed E-state index contributed by atoms with van der Waals surface area (Å²) < 4.78 is 0. The van der Waals surface area contributed by atoms with E-state index in [9.17, 15) is 9.59 Å². The molecule has 0 saturated carbocycles. The summed E-state index contributed by atoms with van der Waals surface area (Å²) in [7, 11) is 0. The van der Waals surface area contributed by atoms with Crippen molar-refractivity contribution in [3.63, 3.8) is 0 Å². The number of benzene rings is 3. The second-order valence-electron chi connectivity index (χ2n) is 9.79. The van der Waals surface area contributed by atoms with Crippen LogP contribution in [0.15, 0.2) is 84.1 Å². The largest absolute Gasteiger partial charge is 0.357 e. The van der Waals surface area contributed by atoms with Crippen LogP contribution in [0.25, 0.3) is 0 Å². The van der Waals surface area contributed by atoms with Crippen LogP contribution in [0, 0.1) is 0 Å². The number of para-hydroxylation sites is 2. The smallest absolute Gasteiger partial charge is 0.227 e. The molecule has 1 aliphatic carbocycles. The van der Waals surface area contributed by atoms with Gasteiger partial charge in [0.1, 0.15) is 0 Å².